The highest BCUT2D eigenvalue weighted by Gasteiger charge is 2.41. The average molecular weight is 472 g/mol. The Morgan fingerprint density at radius 3 is 2.16 bits per heavy atom. The summed E-state index contributed by atoms with van der Waals surface area (Å²) in [5, 5.41) is 2.63. The highest BCUT2D eigenvalue weighted by atomic mass is 35.5. The second-order valence-electron chi connectivity index (χ2n) is 6.90. The molecule has 2 aromatic carbocycles. The Labute approximate surface area is 183 Å². The smallest absolute Gasteiger partial charge is 0.243 e. The minimum atomic E-state index is -4.13. The molecule has 1 saturated heterocycles. The van der Waals surface area contributed by atoms with Crippen molar-refractivity contribution in [1.82, 2.24) is 14.5 Å². The van der Waals surface area contributed by atoms with E-state index in [9.17, 15) is 26.8 Å². The molecule has 7 nitrogen and oxygen atoms in total. The summed E-state index contributed by atoms with van der Waals surface area (Å²) in [7, 11) is -4.13. The van der Waals surface area contributed by atoms with E-state index in [0.29, 0.717) is 5.56 Å². The number of benzene rings is 2. The third-order valence-corrected chi connectivity index (χ3v) is 7.05. The van der Waals surface area contributed by atoms with Crippen LogP contribution in [0.1, 0.15) is 5.56 Å². The highest BCUT2D eigenvalue weighted by Crippen LogP contribution is 2.22. The summed E-state index contributed by atoms with van der Waals surface area (Å²) < 4.78 is 53.5. The number of amides is 2. The van der Waals surface area contributed by atoms with Gasteiger partial charge in [0.05, 0.1) is 4.90 Å². The van der Waals surface area contributed by atoms with Gasteiger partial charge >= 0.3 is 0 Å². The third kappa shape index (κ3) is 5.38. The van der Waals surface area contributed by atoms with Crippen LogP contribution in [-0.4, -0.2) is 61.0 Å². The molecule has 2 amide bonds. The number of sulfonamides is 1. The molecule has 1 aliphatic heterocycles. The van der Waals surface area contributed by atoms with Gasteiger partial charge in [-0.3, -0.25) is 9.59 Å². The van der Waals surface area contributed by atoms with E-state index in [4.69, 9.17) is 11.6 Å². The Kier molecular flexibility index (Phi) is 7.24. The molecular formula is C20H20ClF2N3O4S. The van der Waals surface area contributed by atoms with Crippen molar-refractivity contribution < 1.29 is 26.8 Å². The number of hydrogen-bond acceptors (Lipinski definition) is 4. The van der Waals surface area contributed by atoms with Gasteiger partial charge in [0.15, 0.2) is 0 Å². The number of rotatable bonds is 6. The first-order valence-corrected chi connectivity index (χ1v) is 11.3. The summed E-state index contributed by atoms with van der Waals surface area (Å²) >= 11 is 5.61. The van der Waals surface area contributed by atoms with Gasteiger partial charge in [-0.2, -0.15) is 4.31 Å². The van der Waals surface area contributed by atoms with Gasteiger partial charge in [-0.15, -0.1) is 11.6 Å². The molecule has 11 heteroatoms. The summed E-state index contributed by atoms with van der Waals surface area (Å²) in [6, 6.07) is 8.54. The normalized spacial score (nSPS) is 17.4. The Hall–Kier alpha value is -2.56. The molecule has 166 valence electrons. The average Bonchev–Trinajstić information content (AvgIpc) is 2.77. The fraction of sp³-hybridized carbons (Fsp3) is 0.300. The molecule has 1 atom stereocenters. The van der Waals surface area contributed by atoms with E-state index in [1.807, 2.05) is 0 Å². The standard InChI is InChI=1S/C20H20ClF2N3O4S/c21-11-19(27)25-9-10-26(31(29,30)17-7-5-16(23)6-8-17)18(13-25)20(28)24-12-14-1-3-15(22)4-2-14/h1-8,18H,9-13H2,(H,24,28)/t18-/m1/s1. The van der Waals surface area contributed by atoms with Gasteiger partial charge in [-0.1, -0.05) is 12.1 Å². The summed E-state index contributed by atoms with van der Waals surface area (Å²) in [5.74, 6) is -2.35. The summed E-state index contributed by atoms with van der Waals surface area (Å²) in [6.07, 6.45) is 0. The number of halogens is 3. The highest BCUT2D eigenvalue weighted by molar-refractivity contribution is 7.89. The van der Waals surface area contributed by atoms with Gasteiger partial charge < -0.3 is 10.2 Å². The number of piperazine rings is 1. The molecule has 2 aromatic rings. The number of carbonyl (C=O) groups excluding carboxylic acids is 2. The maximum absolute atomic E-state index is 13.2. The number of carbonyl (C=O) groups is 2. The molecule has 31 heavy (non-hydrogen) atoms. The van der Waals surface area contributed by atoms with E-state index in [1.54, 1.807) is 0 Å². The van der Waals surface area contributed by atoms with Crippen LogP contribution in [0.4, 0.5) is 8.78 Å². The zero-order chi connectivity index (χ0) is 22.6. The summed E-state index contributed by atoms with van der Waals surface area (Å²) in [6.45, 7) is -0.199. The van der Waals surface area contributed by atoms with Gasteiger partial charge in [-0.25, -0.2) is 17.2 Å². The molecule has 0 aromatic heterocycles. The van der Waals surface area contributed by atoms with Crippen LogP contribution in [0.3, 0.4) is 0 Å². The van der Waals surface area contributed by atoms with E-state index >= 15 is 0 Å². The topological polar surface area (TPSA) is 86.8 Å². The zero-order valence-corrected chi connectivity index (χ0v) is 17.9. The number of hydrogen-bond donors (Lipinski definition) is 1. The lowest BCUT2D eigenvalue weighted by atomic mass is 10.1. The van der Waals surface area contributed by atoms with Crippen molar-refractivity contribution in [3.05, 3.63) is 65.7 Å². The molecule has 0 bridgehead atoms. The molecule has 1 heterocycles. The molecule has 0 aliphatic carbocycles. The molecule has 0 spiro atoms. The second kappa shape index (κ2) is 9.71. The van der Waals surface area contributed by atoms with Crippen molar-refractivity contribution >= 4 is 33.4 Å². The van der Waals surface area contributed by atoms with Crippen LogP contribution >= 0.6 is 11.6 Å². The van der Waals surface area contributed by atoms with Gasteiger partial charge in [0.25, 0.3) is 0 Å². The van der Waals surface area contributed by atoms with Gasteiger partial charge in [0.2, 0.25) is 21.8 Å². The molecule has 1 N–H and O–H groups in total. The molecule has 1 fully saturated rings. The van der Waals surface area contributed by atoms with Crippen LogP contribution in [0.25, 0.3) is 0 Å². The van der Waals surface area contributed by atoms with E-state index in [0.717, 1.165) is 28.6 Å². The number of nitrogens with one attached hydrogen (secondary N) is 1. The van der Waals surface area contributed by atoms with Gasteiger partial charge in [0, 0.05) is 26.2 Å². The van der Waals surface area contributed by atoms with Crippen LogP contribution in [0, 0.1) is 11.6 Å². The lowest BCUT2D eigenvalue weighted by Gasteiger charge is -2.39. The first kappa shape index (κ1) is 23.1. The predicted octanol–water partition coefficient (Wildman–Crippen LogP) is 1.72. The van der Waals surface area contributed by atoms with Crippen molar-refractivity contribution in [1.29, 1.82) is 0 Å². The maximum atomic E-state index is 13.2. The van der Waals surface area contributed by atoms with E-state index in [2.05, 4.69) is 5.32 Å². The van der Waals surface area contributed by atoms with E-state index in [1.165, 1.54) is 29.2 Å². The Balaban J connectivity index is 1.84. The third-order valence-electron chi connectivity index (χ3n) is 4.90. The van der Waals surface area contributed by atoms with Gasteiger partial charge in [0.1, 0.15) is 23.6 Å². The fourth-order valence-corrected chi connectivity index (χ4v) is 4.97. The monoisotopic (exact) mass is 471 g/mol. The van der Waals surface area contributed by atoms with Crippen LogP contribution in [-0.2, 0) is 26.2 Å². The lowest BCUT2D eigenvalue weighted by Crippen LogP contribution is -2.61. The second-order valence-corrected chi connectivity index (χ2v) is 9.06. The molecule has 0 radical (unpaired) electrons. The summed E-state index contributed by atoms with van der Waals surface area (Å²) in [4.78, 5) is 26.1. The van der Waals surface area contributed by atoms with Crippen molar-refractivity contribution in [3.8, 4) is 0 Å². The molecule has 0 saturated carbocycles. The van der Waals surface area contributed by atoms with Crippen LogP contribution < -0.4 is 5.32 Å². The minimum Gasteiger partial charge on any atom is -0.351 e. The first-order valence-electron chi connectivity index (χ1n) is 9.35. The Morgan fingerprint density at radius 1 is 1.00 bits per heavy atom. The number of nitrogens with zero attached hydrogens (tertiary/aromatic N) is 2. The first-order chi connectivity index (χ1) is 14.7. The molecule has 1 aliphatic rings. The van der Waals surface area contributed by atoms with Crippen molar-refractivity contribution in [2.75, 3.05) is 25.5 Å². The van der Waals surface area contributed by atoms with Crippen molar-refractivity contribution in [2.24, 2.45) is 0 Å². The van der Waals surface area contributed by atoms with Crippen molar-refractivity contribution in [2.45, 2.75) is 17.5 Å². The van der Waals surface area contributed by atoms with Crippen molar-refractivity contribution in [3.63, 3.8) is 0 Å². The predicted molar refractivity (Wildman–Crippen MR) is 110 cm³/mol. The zero-order valence-electron chi connectivity index (χ0n) is 16.3. The van der Waals surface area contributed by atoms with Crippen LogP contribution in [0.5, 0.6) is 0 Å². The summed E-state index contributed by atoms with van der Waals surface area (Å²) in [5.41, 5.74) is 0.618. The van der Waals surface area contributed by atoms with E-state index in [-0.39, 0.29) is 37.0 Å². The van der Waals surface area contributed by atoms with Crippen LogP contribution in [0.2, 0.25) is 0 Å². The largest absolute Gasteiger partial charge is 0.351 e. The lowest BCUT2D eigenvalue weighted by molar-refractivity contribution is -0.134. The molecule has 0 unspecified atom stereocenters. The number of alkyl halides is 1. The van der Waals surface area contributed by atoms with Gasteiger partial charge in [-0.05, 0) is 42.0 Å². The Bertz CT molecular complexity index is 1050. The quantitative estimate of drug-likeness (QED) is 0.650. The molecule has 3 rings (SSSR count). The SMILES string of the molecule is O=C(NCc1ccc(F)cc1)[C@H]1CN(C(=O)CCl)CCN1S(=O)(=O)c1ccc(F)cc1. The molecular weight excluding hydrogens is 452 g/mol. The minimum absolute atomic E-state index is 0.0451. The Morgan fingerprint density at radius 2 is 1.58 bits per heavy atom. The fourth-order valence-electron chi connectivity index (χ4n) is 3.23. The van der Waals surface area contributed by atoms with Crippen LogP contribution in [0.15, 0.2) is 53.4 Å². The maximum Gasteiger partial charge on any atom is 0.243 e. The van der Waals surface area contributed by atoms with E-state index < -0.39 is 39.5 Å².